The van der Waals surface area contributed by atoms with Crippen molar-refractivity contribution in [3.8, 4) is 0 Å². The third-order valence-corrected chi connectivity index (χ3v) is 2.41. The van der Waals surface area contributed by atoms with E-state index in [1.807, 2.05) is 6.08 Å². The van der Waals surface area contributed by atoms with Crippen molar-refractivity contribution in [2.24, 2.45) is 0 Å². The molecular weight excluding hydrogens is 216 g/mol. The summed E-state index contributed by atoms with van der Waals surface area (Å²) in [6.07, 6.45) is 6.96. The monoisotopic (exact) mass is 244 g/mol. The van der Waals surface area contributed by atoms with E-state index in [0.717, 1.165) is 51.1 Å². The molecule has 0 aliphatic rings. The largest absolute Gasteiger partial charge is 0.496 e. The van der Waals surface area contributed by atoms with Gasteiger partial charge in [-0.2, -0.15) is 0 Å². The number of unbranched alkanes of at least 4 members (excludes halogenated alkanes) is 2. The molecular formula is C14H28O3. The van der Waals surface area contributed by atoms with Crippen molar-refractivity contribution >= 4 is 0 Å². The molecule has 0 saturated heterocycles. The van der Waals surface area contributed by atoms with Crippen LogP contribution in [0, 0.1) is 0 Å². The maximum atomic E-state index is 5.72. The van der Waals surface area contributed by atoms with E-state index in [0.29, 0.717) is 0 Å². The third-order valence-electron chi connectivity index (χ3n) is 2.41. The first-order valence-corrected chi connectivity index (χ1v) is 6.77. The van der Waals surface area contributed by atoms with Gasteiger partial charge in [0.25, 0.3) is 0 Å². The molecule has 0 radical (unpaired) electrons. The quantitative estimate of drug-likeness (QED) is 0.313. The molecule has 0 bridgehead atoms. The zero-order valence-corrected chi connectivity index (χ0v) is 11.8. The lowest BCUT2D eigenvalue weighted by Crippen LogP contribution is -2.22. The summed E-state index contributed by atoms with van der Waals surface area (Å²) in [6.45, 7) is 7.81. The molecule has 0 saturated carbocycles. The van der Waals surface area contributed by atoms with Crippen LogP contribution in [0.25, 0.3) is 0 Å². The lowest BCUT2D eigenvalue weighted by molar-refractivity contribution is -0.140. The first-order valence-electron chi connectivity index (χ1n) is 6.77. The van der Waals surface area contributed by atoms with Crippen molar-refractivity contribution in [3.63, 3.8) is 0 Å². The summed E-state index contributed by atoms with van der Waals surface area (Å²) in [5.41, 5.74) is 0. The van der Waals surface area contributed by atoms with E-state index in [-0.39, 0.29) is 6.29 Å². The second kappa shape index (κ2) is 11.9. The highest BCUT2D eigenvalue weighted by Crippen LogP contribution is 2.12. The molecule has 0 aromatic carbocycles. The Kier molecular flexibility index (Phi) is 11.6. The third kappa shape index (κ3) is 8.22. The average Bonchev–Trinajstić information content (AvgIpc) is 2.35. The molecule has 3 heteroatoms. The van der Waals surface area contributed by atoms with Gasteiger partial charge in [-0.1, -0.05) is 33.6 Å². The van der Waals surface area contributed by atoms with Crippen LogP contribution in [0.15, 0.2) is 11.8 Å². The van der Waals surface area contributed by atoms with Gasteiger partial charge in [0.05, 0.1) is 20.3 Å². The average molecular weight is 244 g/mol. The van der Waals surface area contributed by atoms with Crippen LogP contribution in [0.4, 0.5) is 0 Å². The fourth-order valence-corrected chi connectivity index (χ4v) is 1.36. The predicted octanol–water partition coefficient (Wildman–Crippen LogP) is 3.89. The van der Waals surface area contributed by atoms with Crippen LogP contribution < -0.4 is 0 Å². The zero-order valence-electron chi connectivity index (χ0n) is 11.8. The van der Waals surface area contributed by atoms with Crippen molar-refractivity contribution < 1.29 is 14.2 Å². The minimum absolute atomic E-state index is 0.335. The van der Waals surface area contributed by atoms with E-state index in [1.165, 1.54) is 0 Å². The maximum absolute atomic E-state index is 5.72. The smallest absolute Gasteiger partial charge is 0.216 e. The van der Waals surface area contributed by atoms with Gasteiger partial charge in [-0.3, -0.25) is 0 Å². The fraction of sp³-hybridized carbons (Fsp3) is 0.857. The Morgan fingerprint density at radius 1 is 1.00 bits per heavy atom. The lowest BCUT2D eigenvalue weighted by Gasteiger charge is -2.20. The minimum atomic E-state index is -0.335. The van der Waals surface area contributed by atoms with Crippen LogP contribution in [0.1, 0.15) is 52.9 Å². The molecule has 0 unspecified atom stereocenters. The highest BCUT2D eigenvalue weighted by atomic mass is 16.7. The Hall–Kier alpha value is -0.540. The van der Waals surface area contributed by atoms with Gasteiger partial charge in [0, 0.05) is 0 Å². The molecule has 0 spiro atoms. The molecule has 102 valence electrons. The summed E-state index contributed by atoms with van der Waals surface area (Å²) in [5.74, 6) is 0.791. The van der Waals surface area contributed by atoms with E-state index in [4.69, 9.17) is 14.2 Å². The van der Waals surface area contributed by atoms with Gasteiger partial charge in [-0.15, -0.1) is 0 Å². The number of ether oxygens (including phenoxy) is 3. The van der Waals surface area contributed by atoms with Crippen LogP contribution >= 0.6 is 0 Å². The number of hydrogen-bond acceptors (Lipinski definition) is 3. The van der Waals surface area contributed by atoms with Gasteiger partial charge in [0.15, 0.2) is 0 Å². The Morgan fingerprint density at radius 2 is 1.53 bits per heavy atom. The highest BCUT2D eigenvalue weighted by Gasteiger charge is 2.15. The van der Waals surface area contributed by atoms with Gasteiger partial charge in [0.2, 0.25) is 6.29 Å². The maximum Gasteiger partial charge on any atom is 0.216 e. The molecule has 0 aliphatic heterocycles. The van der Waals surface area contributed by atoms with Gasteiger partial charge in [-0.05, 0) is 25.3 Å². The van der Waals surface area contributed by atoms with Crippen LogP contribution in [-0.2, 0) is 14.2 Å². The number of methoxy groups -OCH3 is 1. The molecule has 0 amide bonds. The summed E-state index contributed by atoms with van der Waals surface area (Å²) >= 11 is 0. The Labute approximate surface area is 106 Å². The second-order valence-electron chi connectivity index (χ2n) is 4.00. The number of hydrogen-bond donors (Lipinski definition) is 0. The van der Waals surface area contributed by atoms with E-state index in [9.17, 15) is 0 Å². The summed E-state index contributed by atoms with van der Waals surface area (Å²) in [7, 11) is 1.67. The van der Waals surface area contributed by atoms with Crippen molar-refractivity contribution in [3.05, 3.63) is 11.8 Å². The Morgan fingerprint density at radius 3 is 1.88 bits per heavy atom. The SMILES string of the molecule is CCC=C(OC)C(OCCCC)OCCCC. The van der Waals surface area contributed by atoms with Crippen LogP contribution in [-0.4, -0.2) is 26.6 Å². The number of rotatable bonds is 11. The van der Waals surface area contributed by atoms with Crippen molar-refractivity contribution in [2.45, 2.75) is 59.2 Å². The van der Waals surface area contributed by atoms with Crippen LogP contribution in [0.2, 0.25) is 0 Å². The fourth-order valence-electron chi connectivity index (χ4n) is 1.36. The summed E-state index contributed by atoms with van der Waals surface area (Å²) < 4.78 is 16.8. The molecule has 0 aliphatic carbocycles. The van der Waals surface area contributed by atoms with Crippen molar-refractivity contribution in [1.82, 2.24) is 0 Å². The molecule has 0 rings (SSSR count). The van der Waals surface area contributed by atoms with Crippen LogP contribution in [0.5, 0.6) is 0 Å². The summed E-state index contributed by atoms with van der Waals surface area (Å²) in [5, 5.41) is 0. The Balaban J connectivity index is 4.20. The molecule has 0 fully saturated rings. The van der Waals surface area contributed by atoms with Gasteiger partial charge < -0.3 is 14.2 Å². The topological polar surface area (TPSA) is 27.7 Å². The van der Waals surface area contributed by atoms with Crippen molar-refractivity contribution in [1.29, 1.82) is 0 Å². The normalized spacial score (nSPS) is 12.2. The zero-order chi connectivity index (χ0) is 12.9. The number of allylic oxidation sites excluding steroid dienone is 1. The molecule has 17 heavy (non-hydrogen) atoms. The first-order chi connectivity index (χ1) is 8.29. The van der Waals surface area contributed by atoms with E-state index >= 15 is 0 Å². The molecule has 0 aromatic heterocycles. The minimum Gasteiger partial charge on any atom is -0.496 e. The molecule has 0 atom stereocenters. The summed E-state index contributed by atoms with van der Waals surface area (Å²) in [4.78, 5) is 0. The second-order valence-corrected chi connectivity index (χ2v) is 4.00. The Bertz CT molecular complexity index is 180. The van der Waals surface area contributed by atoms with Gasteiger partial charge >= 0.3 is 0 Å². The standard InChI is InChI=1S/C14H28O3/c1-5-8-11-16-14(17-12-9-6-2)13(15-4)10-7-3/h10,14H,5-9,11-12H2,1-4H3. The predicted molar refractivity (Wildman–Crippen MR) is 70.9 cm³/mol. The lowest BCUT2D eigenvalue weighted by atomic mass is 10.3. The summed E-state index contributed by atoms with van der Waals surface area (Å²) in [6, 6.07) is 0. The van der Waals surface area contributed by atoms with Crippen LogP contribution in [0.3, 0.4) is 0 Å². The van der Waals surface area contributed by atoms with E-state index in [2.05, 4.69) is 20.8 Å². The van der Waals surface area contributed by atoms with Gasteiger partial charge in [-0.25, -0.2) is 0 Å². The van der Waals surface area contributed by atoms with E-state index in [1.54, 1.807) is 7.11 Å². The molecule has 0 N–H and O–H groups in total. The first kappa shape index (κ1) is 16.5. The van der Waals surface area contributed by atoms with E-state index < -0.39 is 0 Å². The molecule has 3 nitrogen and oxygen atoms in total. The molecule has 0 heterocycles. The highest BCUT2D eigenvalue weighted by molar-refractivity contribution is 4.96. The molecule has 0 aromatic rings. The van der Waals surface area contributed by atoms with Crippen molar-refractivity contribution in [2.75, 3.05) is 20.3 Å². The van der Waals surface area contributed by atoms with Gasteiger partial charge in [0.1, 0.15) is 5.76 Å².